The zero-order chi connectivity index (χ0) is 21.8. The minimum Gasteiger partial charge on any atom is -0.468 e. The largest absolute Gasteiger partial charge is 0.534 e. The molecule has 0 saturated heterocycles. The van der Waals surface area contributed by atoms with Gasteiger partial charge in [0, 0.05) is 0 Å². The Morgan fingerprint density at radius 2 is 1.68 bits per heavy atom. The molecule has 0 aliphatic heterocycles. The van der Waals surface area contributed by atoms with Gasteiger partial charge in [-0.15, -0.1) is 0 Å². The second-order valence-corrected chi connectivity index (χ2v) is 7.85. The fourth-order valence-corrected chi connectivity index (χ4v) is 2.19. The highest BCUT2D eigenvalue weighted by Crippen LogP contribution is 2.28. The molecular formula is C16H18F3NO7S. The van der Waals surface area contributed by atoms with Crippen molar-refractivity contribution in [2.45, 2.75) is 37.9 Å². The van der Waals surface area contributed by atoms with Crippen molar-refractivity contribution >= 4 is 27.6 Å². The predicted molar refractivity (Wildman–Crippen MR) is 90.9 cm³/mol. The zero-order valence-corrected chi connectivity index (χ0v) is 16.1. The molecule has 1 atom stereocenters. The Hall–Kier alpha value is -2.40. The van der Waals surface area contributed by atoms with Crippen molar-refractivity contribution in [1.29, 1.82) is 0 Å². The molecule has 0 spiro atoms. The fourth-order valence-electron chi connectivity index (χ4n) is 1.73. The first kappa shape index (κ1) is 23.6. The average molecular weight is 425 g/mol. The molecule has 1 aromatic carbocycles. The summed E-state index contributed by atoms with van der Waals surface area (Å²) in [6.45, 7) is 5.02. The first-order valence-corrected chi connectivity index (χ1v) is 9.00. The van der Waals surface area contributed by atoms with Gasteiger partial charge in [0.2, 0.25) is 0 Å². The van der Waals surface area contributed by atoms with Crippen molar-refractivity contribution in [1.82, 2.24) is 5.48 Å². The molecule has 28 heavy (non-hydrogen) atoms. The summed E-state index contributed by atoms with van der Waals surface area (Å²) in [4.78, 5) is 28.6. The van der Waals surface area contributed by atoms with Crippen LogP contribution in [0.15, 0.2) is 24.3 Å². The second kappa shape index (κ2) is 8.74. The molecule has 0 heterocycles. The summed E-state index contributed by atoms with van der Waals surface area (Å²) in [5, 5.41) is 0. The molecule has 0 aliphatic rings. The van der Waals surface area contributed by atoms with E-state index < -0.39 is 39.0 Å². The van der Waals surface area contributed by atoms with E-state index in [4.69, 9.17) is 4.84 Å². The minimum absolute atomic E-state index is 0.0483. The van der Waals surface area contributed by atoms with E-state index >= 15 is 0 Å². The van der Waals surface area contributed by atoms with E-state index in [1.807, 2.05) is 0 Å². The van der Waals surface area contributed by atoms with Crippen LogP contribution in [0.5, 0.6) is 5.75 Å². The molecule has 1 rings (SSSR count). The summed E-state index contributed by atoms with van der Waals surface area (Å²) >= 11 is 0. The van der Waals surface area contributed by atoms with E-state index in [2.05, 4.69) is 14.4 Å². The van der Waals surface area contributed by atoms with Crippen LogP contribution >= 0.6 is 0 Å². The van der Waals surface area contributed by atoms with Gasteiger partial charge < -0.3 is 8.92 Å². The Morgan fingerprint density at radius 3 is 2.07 bits per heavy atom. The van der Waals surface area contributed by atoms with Crippen LogP contribution in [-0.4, -0.2) is 44.6 Å². The lowest BCUT2D eigenvalue weighted by Crippen LogP contribution is -2.43. The SMILES string of the molecule is COC(=O)[C@@H](NOC(C)(C)C)C(=C=O)c1ccc(OS(=O)(=O)C(F)(F)F)cc1. The first-order chi connectivity index (χ1) is 12.7. The van der Waals surface area contributed by atoms with Gasteiger partial charge in [-0.2, -0.15) is 27.1 Å². The molecule has 0 aromatic heterocycles. The van der Waals surface area contributed by atoms with Gasteiger partial charge in [0.05, 0.1) is 18.3 Å². The van der Waals surface area contributed by atoms with E-state index in [0.29, 0.717) is 0 Å². The maximum Gasteiger partial charge on any atom is 0.534 e. The van der Waals surface area contributed by atoms with Crippen molar-refractivity contribution in [3.05, 3.63) is 29.8 Å². The third-order valence-electron chi connectivity index (χ3n) is 2.97. The predicted octanol–water partition coefficient (Wildman–Crippen LogP) is 1.99. The summed E-state index contributed by atoms with van der Waals surface area (Å²) < 4.78 is 67.6. The van der Waals surface area contributed by atoms with E-state index in [1.54, 1.807) is 26.7 Å². The quantitative estimate of drug-likeness (QED) is 0.232. The number of carbonyl (C=O) groups excluding carboxylic acids is 2. The molecule has 1 aromatic rings. The summed E-state index contributed by atoms with van der Waals surface area (Å²) in [6, 6.07) is 2.53. The Kier molecular flexibility index (Phi) is 7.38. The van der Waals surface area contributed by atoms with Crippen molar-refractivity contribution in [3.63, 3.8) is 0 Å². The number of benzene rings is 1. The van der Waals surface area contributed by atoms with E-state index in [1.165, 1.54) is 0 Å². The van der Waals surface area contributed by atoms with Crippen LogP contribution in [0.3, 0.4) is 0 Å². The molecule has 0 radical (unpaired) electrons. The van der Waals surface area contributed by atoms with E-state index in [9.17, 15) is 31.2 Å². The minimum atomic E-state index is -5.84. The maximum atomic E-state index is 12.4. The van der Waals surface area contributed by atoms with Gasteiger partial charge in [0.1, 0.15) is 11.7 Å². The lowest BCUT2D eigenvalue weighted by molar-refractivity contribution is -0.150. The second-order valence-electron chi connectivity index (χ2n) is 6.31. The molecule has 0 fully saturated rings. The van der Waals surface area contributed by atoms with Gasteiger partial charge in [-0.25, -0.2) is 9.59 Å². The third-order valence-corrected chi connectivity index (χ3v) is 3.95. The number of rotatable bonds is 7. The summed E-state index contributed by atoms with van der Waals surface area (Å²) in [5.74, 6) is 0.0206. The summed E-state index contributed by atoms with van der Waals surface area (Å²) in [6.07, 6.45) is 0. The van der Waals surface area contributed by atoms with Crippen molar-refractivity contribution in [2.75, 3.05) is 7.11 Å². The van der Waals surface area contributed by atoms with Gasteiger partial charge >= 0.3 is 21.6 Å². The standard InChI is InChI=1S/C16H18F3NO7S/c1-15(2,3)27-20-13(14(22)25-4)12(9-21)10-5-7-11(8-6-10)26-28(23,24)16(17,18)19/h5-8,13,20H,1-4H3/t13-/m0/s1. The van der Waals surface area contributed by atoms with Gasteiger partial charge in [-0.05, 0) is 38.5 Å². The average Bonchev–Trinajstić information content (AvgIpc) is 2.56. The number of alkyl halides is 3. The number of hydrogen-bond donors (Lipinski definition) is 1. The number of carbonyl (C=O) groups is 1. The van der Waals surface area contributed by atoms with Gasteiger partial charge in [-0.1, -0.05) is 12.1 Å². The molecule has 1 N–H and O–H groups in total. The van der Waals surface area contributed by atoms with Gasteiger partial charge in [0.25, 0.3) is 0 Å². The highest BCUT2D eigenvalue weighted by molar-refractivity contribution is 7.88. The normalized spacial score (nSPS) is 13.4. The van der Waals surface area contributed by atoms with Crippen LogP contribution in [-0.2, 0) is 29.3 Å². The summed E-state index contributed by atoms with van der Waals surface area (Å²) in [5.41, 5.74) is -4.17. The van der Waals surface area contributed by atoms with Crippen LogP contribution in [0.4, 0.5) is 13.2 Å². The lowest BCUT2D eigenvalue weighted by atomic mass is 10.0. The Morgan fingerprint density at radius 1 is 1.14 bits per heavy atom. The number of hydroxylamine groups is 1. The highest BCUT2D eigenvalue weighted by atomic mass is 32.2. The molecule has 0 saturated carbocycles. The number of methoxy groups -OCH3 is 1. The highest BCUT2D eigenvalue weighted by Gasteiger charge is 2.48. The van der Waals surface area contributed by atoms with E-state index in [-0.39, 0.29) is 11.1 Å². The molecule has 0 unspecified atom stereocenters. The number of nitrogens with one attached hydrogen (secondary N) is 1. The molecule has 0 aliphatic carbocycles. The van der Waals surface area contributed by atoms with Crippen LogP contribution < -0.4 is 9.66 Å². The zero-order valence-electron chi connectivity index (χ0n) is 15.3. The third kappa shape index (κ3) is 6.34. The monoisotopic (exact) mass is 425 g/mol. The van der Waals surface area contributed by atoms with Crippen LogP contribution in [0.1, 0.15) is 26.3 Å². The first-order valence-electron chi connectivity index (χ1n) is 7.59. The molecular weight excluding hydrogens is 407 g/mol. The number of halogens is 3. The van der Waals surface area contributed by atoms with E-state index in [0.717, 1.165) is 31.4 Å². The van der Waals surface area contributed by atoms with Crippen LogP contribution in [0, 0.1) is 0 Å². The van der Waals surface area contributed by atoms with Crippen LogP contribution in [0.25, 0.3) is 5.57 Å². The van der Waals surface area contributed by atoms with Crippen LogP contribution in [0.2, 0.25) is 0 Å². The number of hydrogen-bond acceptors (Lipinski definition) is 8. The number of esters is 1. The molecule has 8 nitrogen and oxygen atoms in total. The van der Waals surface area contributed by atoms with Gasteiger partial charge in [0.15, 0.2) is 6.04 Å². The van der Waals surface area contributed by atoms with Crippen molar-refractivity contribution in [3.8, 4) is 5.75 Å². The smallest absolute Gasteiger partial charge is 0.468 e. The Labute approximate surface area is 159 Å². The molecule has 156 valence electrons. The van der Waals surface area contributed by atoms with Gasteiger partial charge in [-0.3, -0.25) is 4.84 Å². The molecule has 12 heteroatoms. The van der Waals surface area contributed by atoms with Crippen molar-refractivity contribution < 1.29 is 44.9 Å². The molecule has 0 amide bonds. The Balaban J connectivity index is 3.14. The van der Waals surface area contributed by atoms with Crippen molar-refractivity contribution in [2.24, 2.45) is 0 Å². The fraction of sp³-hybridized carbons (Fsp3) is 0.438. The topological polar surface area (TPSA) is 108 Å². The molecule has 0 bridgehead atoms. The number of ether oxygens (including phenoxy) is 1. The Bertz CT molecular complexity index is 852. The lowest BCUT2D eigenvalue weighted by Gasteiger charge is -2.24. The summed E-state index contributed by atoms with van der Waals surface area (Å²) in [7, 11) is -4.76. The maximum absolute atomic E-state index is 12.4.